The highest BCUT2D eigenvalue weighted by Crippen LogP contribution is 2.21. The van der Waals surface area contributed by atoms with E-state index in [-0.39, 0.29) is 6.42 Å². The van der Waals surface area contributed by atoms with Crippen LogP contribution in [0.25, 0.3) is 0 Å². The summed E-state index contributed by atoms with van der Waals surface area (Å²) in [7, 11) is -4.95. The number of rotatable bonds is 15. The van der Waals surface area contributed by atoms with Gasteiger partial charge < -0.3 is 10.2 Å². The first-order chi connectivity index (χ1) is 11.2. The van der Waals surface area contributed by atoms with Gasteiger partial charge in [-0.25, -0.2) is 0 Å². The van der Waals surface area contributed by atoms with Gasteiger partial charge in [0.2, 0.25) is 0 Å². The van der Waals surface area contributed by atoms with Gasteiger partial charge in [0.1, 0.15) is 0 Å². The Labute approximate surface area is 144 Å². The van der Waals surface area contributed by atoms with E-state index < -0.39 is 33.2 Å². The summed E-state index contributed by atoms with van der Waals surface area (Å²) < 4.78 is 31.2. The largest absolute Gasteiger partial charge is 0.481 e. The fraction of sp³-hybridized carbons (Fsp3) is 0.875. The van der Waals surface area contributed by atoms with Crippen LogP contribution in [0, 0.1) is 5.92 Å². The third kappa shape index (κ3) is 9.87. The van der Waals surface area contributed by atoms with Crippen LogP contribution < -0.4 is 0 Å². The molecule has 0 amide bonds. The summed E-state index contributed by atoms with van der Waals surface area (Å²) in [6, 6.07) is 0. The van der Waals surface area contributed by atoms with Crippen LogP contribution in [0.5, 0.6) is 0 Å². The van der Waals surface area contributed by atoms with Crippen LogP contribution >= 0.6 is 0 Å². The lowest BCUT2D eigenvalue weighted by Crippen LogP contribution is -2.41. The van der Waals surface area contributed by atoms with Crippen molar-refractivity contribution in [1.82, 2.24) is 0 Å². The van der Waals surface area contributed by atoms with E-state index in [2.05, 4.69) is 6.92 Å². The zero-order valence-corrected chi connectivity index (χ0v) is 15.1. The van der Waals surface area contributed by atoms with Crippen LogP contribution in [0.4, 0.5) is 0 Å². The molecule has 7 nitrogen and oxygen atoms in total. The number of carboxylic acids is 2. The number of aliphatic carboxylic acids is 2. The molecule has 8 heteroatoms. The molecule has 3 N–H and O–H groups in total. The molecule has 0 heterocycles. The molecule has 0 aromatic heterocycles. The van der Waals surface area contributed by atoms with Gasteiger partial charge in [0.05, 0.1) is 5.92 Å². The maximum atomic E-state index is 11.1. The van der Waals surface area contributed by atoms with E-state index in [0.29, 0.717) is 6.42 Å². The van der Waals surface area contributed by atoms with E-state index in [9.17, 15) is 18.0 Å². The van der Waals surface area contributed by atoms with E-state index in [1.807, 2.05) is 0 Å². The Kier molecular flexibility index (Phi) is 11.7. The minimum atomic E-state index is -4.95. The van der Waals surface area contributed by atoms with E-state index >= 15 is 0 Å². The third-order valence-corrected chi connectivity index (χ3v) is 5.29. The molecular weight excluding hydrogens is 336 g/mol. The van der Waals surface area contributed by atoms with Crippen LogP contribution in [0.15, 0.2) is 0 Å². The summed E-state index contributed by atoms with van der Waals surface area (Å²) in [6.07, 6.45) is 10.3. The van der Waals surface area contributed by atoms with Crippen LogP contribution in [-0.2, 0) is 19.7 Å². The highest BCUT2D eigenvalue weighted by atomic mass is 32.2. The molecule has 0 fully saturated rings. The Morgan fingerprint density at radius 2 is 1.21 bits per heavy atom. The molecular formula is C16H30O7S. The predicted octanol–water partition coefficient (Wildman–Crippen LogP) is 3.34. The normalized spacial score (nSPS) is 14.2. The van der Waals surface area contributed by atoms with Crippen LogP contribution in [-0.4, -0.2) is 40.4 Å². The molecule has 2 atom stereocenters. The number of carboxylic acid groups (broad SMARTS) is 2. The first kappa shape index (κ1) is 22.9. The lowest BCUT2D eigenvalue weighted by Gasteiger charge is -2.17. The second-order valence-electron chi connectivity index (χ2n) is 6.19. The van der Waals surface area contributed by atoms with Crippen molar-refractivity contribution in [1.29, 1.82) is 0 Å². The maximum Gasteiger partial charge on any atom is 0.325 e. The van der Waals surface area contributed by atoms with Crippen LogP contribution in [0.2, 0.25) is 0 Å². The van der Waals surface area contributed by atoms with Crippen LogP contribution in [0.3, 0.4) is 0 Å². The topological polar surface area (TPSA) is 129 Å². The average molecular weight is 366 g/mol. The van der Waals surface area contributed by atoms with E-state index in [1.54, 1.807) is 0 Å². The first-order valence-electron chi connectivity index (χ1n) is 8.63. The lowest BCUT2D eigenvalue weighted by molar-refractivity contribution is -0.148. The number of hydrogen-bond acceptors (Lipinski definition) is 4. The summed E-state index contributed by atoms with van der Waals surface area (Å²) in [6.45, 7) is 2.17. The van der Waals surface area contributed by atoms with Gasteiger partial charge in [-0.3, -0.25) is 14.1 Å². The quantitative estimate of drug-likeness (QED) is 0.299. The first-order valence-corrected chi connectivity index (χ1v) is 10.1. The summed E-state index contributed by atoms with van der Waals surface area (Å²) in [5, 5.41) is 15.6. The molecule has 0 aromatic carbocycles. The maximum absolute atomic E-state index is 11.1. The fourth-order valence-corrected chi connectivity index (χ4v) is 3.69. The summed E-state index contributed by atoms with van der Waals surface area (Å²) in [4.78, 5) is 22.1. The molecule has 0 spiro atoms. The summed E-state index contributed by atoms with van der Waals surface area (Å²) >= 11 is 0. The molecule has 0 radical (unpaired) electrons. The Morgan fingerprint density at radius 3 is 1.54 bits per heavy atom. The van der Waals surface area contributed by atoms with Crippen molar-refractivity contribution in [3.8, 4) is 0 Å². The highest BCUT2D eigenvalue weighted by molar-refractivity contribution is 7.87. The van der Waals surface area contributed by atoms with E-state index in [0.717, 1.165) is 25.7 Å². The van der Waals surface area contributed by atoms with Crippen molar-refractivity contribution >= 4 is 22.1 Å². The fourth-order valence-electron chi connectivity index (χ4n) is 2.76. The minimum Gasteiger partial charge on any atom is -0.481 e. The smallest absolute Gasteiger partial charge is 0.325 e. The molecule has 0 aliphatic heterocycles. The molecule has 0 aromatic rings. The minimum absolute atomic E-state index is 0.0808. The molecule has 0 aliphatic rings. The molecule has 0 aliphatic carbocycles. The van der Waals surface area contributed by atoms with Crippen molar-refractivity contribution in [2.75, 3.05) is 0 Å². The van der Waals surface area contributed by atoms with Crippen molar-refractivity contribution < 1.29 is 32.8 Å². The standard InChI is InChI=1S/C16H30O7S/c1-2-3-4-5-6-7-8-9-10-11-12-13(15(17)18)14(16(19)20)24(21,22)23/h13-14H,2-12H2,1H3,(H,17,18)(H,19,20)(H,21,22,23)/t13-,14-/m0/s1. The molecule has 0 unspecified atom stereocenters. The Hall–Kier alpha value is -1.15. The second-order valence-corrected chi connectivity index (χ2v) is 7.73. The molecule has 24 heavy (non-hydrogen) atoms. The van der Waals surface area contributed by atoms with Gasteiger partial charge >= 0.3 is 11.9 Å². The zero-order chi connectivity index (χ0) is 18.6. The third-order valence-electron chi connectivity index (χ3n) is 4.12. The van der Waals surface area contributed by atoms with Gasteiger partial charge in [-0.1, -0.05) is 71.1 Å². The van der Waals surface area contributed by atoms with Gasteiger partial charge in [-0.05, 0) is 6.42 Å². The van der Waals surface area contributed by atoms with Gasteiger partial charge in [0.25, 0.3) is 10.1 Å². The molecule has 0 rings (SSSR count). The molecule has 0 saturated carbocycles. The van der Waals surface area contributed by atoms with Crippen LogP contribution in [0.1, 0.15) is 77.6 Å². The van der Waals surface area contributed by atoms with E-state index in [1.165, 1.54) is 32.1 Å². The average Bonchev–Trinajstić information content (AvgIpc) is 2.45. The zero-order valence-electron chi connectivity index (χ0n) is 14.3. The van der Waals surface area contributed by atoms with Gasteiger partial charge in [0.15, 0.2) is 5.25 Å². The predicted molar refractivity (Wildman–Crippen MR) is 90.6 cm³/mol. The summed E-state index contributed by atoms with van der Waals surface area (Å²) in [5.41, 5.74) is 0. The molecule has 0 bridgehead atoms. The molecule has 0 saturated heterocycles. The summed E-state index contributed by atoms with van der Waals surface area (Å²) in [5.74, 6) is -4.99. The second kappa shape index (κ2) is 12.2. The number of carbonyl (C=O) groups is 2. The molecule has 142 valence electrons. The van der Waals surface area contributed by atoms with Gasteiger partial charge in [-0.15, -0.1) is 0 Å². The number of unbranched alkanes of at least 4 members (excludes halogenated alkanes) is 9. The highest BCUT2D eigenvalue weighted by Gasteiger charge is 2.42. The van der Waals surface area contributed by atoms with Crippen molar-refractivity contribution in [2.24, 2.45) is 5.92 Å². The van der Waals surface area contributed by atoms with Gasteiger partial charge in [-0.2, -0.15) is 8.42 Å². The Bertz CT molecular complexity index is 473. The SMILES string of the molecule is CCCCCCCCCCCC[C@H](C(=O)O)[C@@H](C(=O)O)S(=O)(=O)O. The van der Waals surface area contributed by atoms with E-state index in [4.69, 9.17) is 14.8 Å². The van der Waals surface area contributed by atoms with Gasteiger partial charge in [0, 0.05) is 0 Å². The number of hydrogen-bond donors (Lipinski definition) is 3. The van der Waals surface area contributed by atoms with Crippen molar-refractivity contribution in [3.63, 3.8) is 0 Å². The Balaban J connectivity index is 4.11. The van der Waals surface area contributed by atoms with Crippen molar-refractivity contribution in [3.05, 3.63) is 0 Å². The van der Waals surface area contributed by atoms with Crippen molar-refractivity contribution in [2.45, 2.75) is 82.8 Å². The monoisotopic (exact) mass is 366 g/mol. The Morgan fingerprint density at radius 1 is 0.792 bits per heavy atom. The lowest BCUT2D eigenvalue weighted by atomic mass is 9.96.